The molecule has 0 aliphatic heterocycles. The Morgan fingerprint density at radius 1 is 0.861 bits per heavy atom. The predicted octanol–water partition coefficient (Wildman–Crippen LogP) is 7.25. The number of nitrogens with zero attached hydrogens (tertiary/aromatic N) is 1. The van der Waals surface area contributed by atoms with E-state index in [1.54, 1.807) is 12.1 Å². The fourth-order valence-corrected chi connectivity index (χ4v) is 5.09. The number of aromatic nitrogens is 1. The fourth-order valence-electron chi connectivity index (χ4n) is 3.66. The first-order valence-corrected chi connectivity index (χ1v) is 13.3. The molecule has 5 nitrogen and oxygen atoms in total. The van der Waals surface area contributed by atoms with Crippen LogP contribution in [0.25, 0.3) is 22.0 Å². The van der Waals surface area contributed by atoms with Crippen molar-refractivity contribution in [3.8, 4) is 11.3 Å². The van der Waals surface area contributed by atoms with Gasteiger partial charge in [-0.15, -0.1) is 23.1 Å². The van der Waals surface area contributed by atoms with Gasteiger partial charge in [0.25, 0.3) is 5.91 Å². The lowest BCUT2D eigenvalue weighted by molar-refractivity contribution is -0.113. The molecule has 178 valence electrons. The number of rotatable bonds is 7. The molecule has 0 bridgehead atoms. The van der Waals surface area contributed by atoms with E-state index in [4.69, 9.17) is 0 Å². The van der Waals surface area contributed by atoms with Gasteiger partial charge in [-0.05, 0) is 60.2 Å². The van der Waals surface area contributed by atoms with Crippen LogP contribution in [0.4, 0.5) is 10.8 Å². The highest BCUT2D eigenvalue weighted by Gasteiger charge is 2.10. The smallest absolute Gasteiger partial charge is 0.255 e. The number of anilines is 2. The minimum absolute atomic E-state index is 0.115. The molecule has 4 aromatic carbocycles. The first-order valence-electron chi connectivity index (χ1n) is 11.4. The number of benzene rings is 4. The second kappa shape index (κ2) is 10.8. The minimum Gasteiger partial charge on any atom is -0.322 e. The van der Waals surface area contributed by atoms with Crippen molar-refractivity contribution in [3.63, 3.8) is 0 Å². The number of hydrogen-bond acceptors (Lipinski definition) is 5. The van der Waals surface area contributed by atoms with Gasteiger partial charge < -0.3 is 10.6 Å². The minimum atomic E-state index is -0.152. The molecule has 2 N–H and O–H groups in total. The Bertz CT molecular complexity index is 1530. The van der Waals surface area contributed by atoms with Crippen molar-refractivity contribution in [3.05, 3.63) is 108 Å². The molecule has 0 aliphatic carbocycles. The van der Waals surface area contributed by atoms with Crippen LogP contribution in [0.1, 0.15) is 15.9 Å². The van der Waals surface area contributed by atoms with E-state index in [0.29, 0.717) is 16.4 Å². The molecule has 7 heteroatoms. The highest BCUT2D eigenvalue weighted by molar-refractivity contribution is 8.00. The molecule has 0 unspecified atom stereocenters. The third-order valence-electron chi connectivity index (χ3n) is 5.59. The Morgan fingerprint density at radius 3 is 2.39 bits per heavy atom. The summed E-state index contributed by atoms with van der Waals surface area (Å²) in [5.41, 5.74) is 4.30. The Kier molecular flexibility index (Phi) is 7.11. The van der Waals surface area contributed by atoms with Gasteiger partial charge in [0.15, 0.2) is 5.13 Å². The van der Waals surface area contributed by atoms with E-state index in [2.05, 4.69) is 39.9 Å². The number of aryl methyl sites for hydroxylation is 1. The zero-order chi connectivity index (χ0) is 24.9. The number of hydrogen-bond donors (Lipinski definition) is 2. The Balaban J connectivity index is 1.13. The molecule has 36 heavy (non-hydrogen) atoms. The van der Waals surface area contributed by atoms with Crippen LogP contribution >= 0.6 is 23.1 Å². The van der Waals surface area contributed by atoms with Gasteiger partial charge in [-0.1, -0.05) is 54.1 Å². The van der Waals surface area contributed by atoms with Crippen molar-refractivity contribution in [2.45, 2.75) is 11.8 Å². The molecule has 5 aromatic rings. The second-order valence-corrected chi connectivity index (χ2v) is 10.2. The van der Waals surface area contributed by atoms with Crippen molar-refractivity contribution in [1.82, 2.24) is 4.98 Å². The van der Waals surface area contributed by atoms with E-state index in [1.807, 2.05) is 66.9 Å². The first kappa shape index (κ1) is 23.8. The SMILES string of the molecule is Cc1ccc(C(=O)Nc2ccc(SCC(=O)Nc3nc(-c4ccc5ccccc5c4)cs3)cc2)cc1. The standard InChI is InChI=1S/C29H23N3O2S2/c1-19-6-8-21(9-7-19)28(34)30-24-12-14-25(15-13-24)35-18-27(33)32-29-31-26(17-36-29)23-11-10-20-4-2-3-5-22(20)16-23/h2-17H,18H2,1H3,(H,30,34)(H,31,32,33). The predicted molar refractivity (Wildman–Crippen MR) is 150 cm³/mol. The van der Waals surface area contributed by atoms with Crippen LogP contribution < -0.4 is 10.6 Å². The Hall–Kier alpha value is -3.94. The molecule has 5 rings (SSSR count). The summed E-state index contributed by atoms with van der Waals surface area (Å²) in [6.45, 7) is 1.98. The maximum atomic E-state index is 12.5. The topological polar surface area (TPSA) is 71.1 Å². The van der Waals surface area contributed by atoms with E-state index >= 15 is 0 Å². The molecule has 2 amide bonds. The molecule has 1 aromatic heterocycles. The van der Waals surface area contributed by atoms with Gasteiger partial charge in [0.2, 0.25) is 5.91 Å². The monoisotopic (exact) mass is 509 g/mol. The molecular formula is C29H23N3O2S2. The number of fused-ring (bicyclic) bond motifs is 1. The highest BCUT2D eigenvalue weighted by Crippen LogP contribution is 2.28. The van der Waals surface area contributed by atoms with E-state index < -0.39 is 0 Å². The van der Waals surface area contributed by atoms with Gasteiger partial charge in [0.05, 0.1) is 11.4 Å². The lowest BCUT2D eigenvalue weighted by Gasteiger charge is -2.07. The van der Waals surface area contributed by atoms with Gasteiger partial charge in [-0.25, -0.2) is 4.98 Å². The molecule has 0 fully saturated rings. The normalized spacial score (nSPS) is 10.8. The largest absolute Gasteiger partial charge is 0.322 e. The maximum Gasteiger partial charge on any atom is 0.255 e. The third kappa shape index (κ3) is 5.82. The quantitative estimate of drug-likeness (QED) is 0.227. The van der Waals surface area contributed by atoms with Crippen molar-refractivity contribution < 1.29 is 9.59 Å². The van der Waals surface area contributed by atoms with Crippen LogP contribution in [0.5, 0.6) is 0 Å². The van der Waals surface area contributed by atoms with Gasteiger partial charge in [-0.2, -0.15) is 0 Å². The van der Waals surface area contributed by atoms with Crippen molar-refractivity contribution in [2.24, 2.45) is 0 Å². The van der Waals surface area contributed by atoms with Crippen LogP contribution in [-0.4, -0.2) is 22.6 Å². The van der Waals surface area contributed by atoms with Gasteiger partial charge >= 0.3 is 0 Å². The molecule has 1 heterocycles. The summed E-state index contributed by atoms with van der Waals surface area (Å²) in [6, 6.07) is 29.3. The molecule has 0 atom stereocenters. The van der Waals surface area contributed by atoms with Crippen molar-refractivity contribution in [2.75, 3.05) is 16.4 Å². The van der Waals surface area contributed by atoms with Crippen LogP contribution in [0.2, 0.25) is 0 Å². The summed E-state index contributed by atoms with van der Waals surface area (Å²) < 4.78 is 0. The van der Waals surface area contributed by atoms with Crippen LogP contribution in [0.15, 0.2) is 101 Å². The van der Waals surface area contributed by atoms with E-state index in [0.717, 1.165) is 27.1 Å². The van der Waals surface area contributed by atoms with Crippen LogP contribution in [0.3, 0.4) is 0 Å². The molecule has 0 radical (unpaired) electrons. The summed E-state index contributed by atoms with van der Waals surface area (Å²) in [7, 11) is 0. The highest BCUT2D eigenvalue weighted by atomic mass is 32.2. The van der Waals surface area contributed by atoms with Crippen LogP contribution in [-0.2, 0) is 4.79 Å². The van der Waals surface area contributed by atoms with Gasteiger partial charge in [0.1, 0.15) is 0 Å². The maximum absolute atomic E-state index is 12.5. The van der Waals surface area contributed by atoms with Crippen molar-refractivity contribution >= 4 is 56.5 Å². The van der Waals surface area contributed by atoms with Gasteiger partial charge in [-0.3, -0.25) is 9.59 Å². The molecule has 0 saturated carbocycles. The number of thioether (sulfide) groups is 1. The molecule has 0 spiro atoms. The number of carbonyl (C=O) groups is 2. The summed E-state index contributed by atoms with van der Waals surface area (Å²) in [4.78, 5) is 30.4. The first-order chi connectivity index (χ1) is 17.5. The number of nitrogens with one attached hydrogen (secondary N) is 2. The molecule has 0 saturated heterocycles. The Labute approximate surface area is 217 Å². The third-order valence-corrected chi connectivity index (χ3v) is 7.36. The van der Waals surface area contributed by atoms with E-state index in [1.165, 1.54) is 28.5 Å². The fraction of sp³-hybridized carbons (Fsp3) is 0.0690. The summed E-state index contributed by atoms with van der Waals surface area (Å²) in [5.74, 6) is -0.00240. The zero-order valence-corrected chi connectivity index (χ0v) is 21.2. The van der Waals surface area contributed by atoms with Crippen LogP contribution in [0, 0.1) is 6.92 Å². The number of thiazole rings is 1. The van der Waals surface area contributed by atoms with E-state index in [9.17, 15) is 9.59 Å². The Morgan fingerprint density at radius 2 is 1.61 bits per heavy atom. The average molecular weight is 510 g/mol. The number of amides is 2. The summed E-state index contributed by atoms with van der Waals surface area (Å²) in [6.07, 6.45) is 0. The summed E-state index contributed by atoms with van der Waals surface area (Å²) >= 11 is 2.84. The molecule has 0 aliphatic rings. The van der Waals surface area contributed by atoms with E-state index in [-0.39, 0.29) is 17.6 Å². The van der Waals surface area contributed by atoms with Gasteiger partial charge in [0, 0.05) is 27.1 Å². The lowest BCUT2D eigenvalue weighted by Crippen LogP contribution is -2.13. The van der Waals surface area contributed by atoms with Crippen molar-refractivity contribution in [1.29, 1.82) is 0 Å². The lowest BCUT2D eigenvalue weighted by atomic mass is 10.1. The molecular weight excluding hydrogens is 486 g/mol. The second-order valence-electron chi connectivity index (χ2n) is 8.28. The summed E-state index contributed by atoms with van der Waals surface area (Å²) in [5, 5.41) is 10.7. The zero-order valence-electron chi connectivity index (χ0n) is 19.5. The number of carbonyl (C=O) groups excluding carboxylic acids is 2. The average Bonchev–Trinajstić information content (AvgIpc) is 3.37.